The van der Waals surface area contributed by atoms with Crippen molar-refractivity contribution in [2.24, 2.45) is 17.6 Å². The highest BCUT2D eigenvalue weighted by atomic mass is 35.5. The number of nitrogens with two attached hydrogens (primary N) is 1. The molecular formula is C18H27ClN2O. The number of halogens is 1. The molecule has 4 heteroatoms. The second kappa shape index (κ2) is 7.47. The Morgan fingerprint density at radius 1 is 1.23 bits per heavy atom. The molecule has 1 saturated carbocycles. The van der Waals surface area contributed by atoms with Crippen LogP contribution in [0.3, 0.4) is 0 Å². The lowest BCUT2D eigenvalue weighted by Gasteiger charge is -2.29. The molecule has 22 heavy (non-hydrogen) atoms. The Balaban J connectivity index is 0.00000176. The number of aryl methyl sites for hydroxylation is 2. The number of carbonyl (C=O) groups excluding carboxylic acids is 1. The minimum Gasteiger partial charge on any atom is -0.342 e. The molecule has 1 heterocycles. The van der Waals surface area contributed by atoms with Gasteiger partial charge in [-0.2, -0.15) is 0 Å². The van der Waals surface area contributed by atoms with Crippen molar-refractivity contribution in [2.75, 3.05) is 13.1 Å². The standard InChI is InChI=1S/C18H26N2O.ClH/c1-13-5-7-14(8-6-13)9-10-18(21)20-11-15-3-2-4-17(19)16(15)12-20;/h5-8,15-17H,2-4,9-12,19H2,1H3;1H. The molecule has 0 radical (unpaired) electrons. The molecule has 122 valence electrons. The van der Waals surface area contributed by atoms with Crippen molar-refractivity contribution in [3.05, 3.63) is 35.4 Å². The molecule has 1 saturated heterocycles. The molecule has 3 atom stereocenters. The second-order valence-electron chi connectivity index (χ2n) is 6.80. The Morgan fingerprint density at radius 3 is 2.64 bits per heavy atom. The SMILES string of the molecule is Cc1ccc(CCC(=O)N2CC3CCCC(N)C3C2)cc1.Cl. The lowest BCUT2D eigenvalue weighted by atomic mass is 9.78. The van der Waals surface area contributed by atoms with E-state index in [-0.39, 0.29) is 12.4 Å². The van der Waals surface area contributed by atoms with Gasteiger partial charge in [0.05, 0.1) is 0 Å². The van der Waals surface area contributed by atoms with Gasteiger partial charge in [0.15, 0.2) is 0 Å². The van der Waals surface area contributed by atoms with Gasteiger partial charge in [-0.3, -0.25) is 4.79 Å². The molecule has 2 fully saturated rings. The molecule has 2 N–H and O–H groups in total. The molecule has 1 aliphatic heterocycles. The van der Waals surface area contributed by atoms with Gasteiger partial charge in [-0.1, -0.05) is 36.2 Å². The van der Waals surface area contributed by atoms with Gasteiger partial charge >= 0.3 is 0 Å². The Labute approximate surface area is 139 Å². The number of nitrogens with zero attached hydrogens (tertiary/aromatic N) is 1. The second-order valence-corrected chi connectivity index (χ2v) is 6.80. The van der Waals surface area contributed by atoms with Gasteiger partial charge in [0.25, 0.3) is 0 Å². The van der Waals surface area contributed by atoms with Crippen molar-refractivity contribution in [1.29, 1.82) is 0 Å². The molecule has 1 aromatic carbocycles. The maximum absolute atomic E-state index is 12.4. The first kappa shape index (κ1) is 17.3. The number of carbonyl (C=O) groups is 1. The third kappa shape index (κ3) is 3.82. The van der Waals surface area contributed by atoms with Gasteiger partial charge < -0.3 is 10.6 Å². The quantitative estimate of drug-likeness (QED) is 0.930. The Bertz CT molecular complexity index is 502. The first-order valence-corrected chi connectivity index (χ1v) is 8.22. The van der Waals surface area contributed by atoms with Gasteiger partial charge in [0.2, 0.25) is 5.91 Å². The minimum absolute atomic E-state index is 0. The van der Waals surface area contributed by atoms with Gasteiger partial charge in [-0.15, -0.1) is 12.4 Å². The highest BCUT2D eigenvalue weighted by Crippen LogP contribution is 2.35. The average molecular weight is 323 g/mol. The highest BCUT2D eigenvalue weighted by Gasteiger charge is 2.39. The van der Waals surface area contributed by atoms with Gasteiger partial charge in [-0.25, -0.2) is 0 Å². The van der Waals surface area contributed by atoms with E-state index in [1.165, 1.54) is 24.0 Å². The van der Waals surface area contributed by atoms with Gasteiger partial charge in [0.1, 0.15) is 0 Å². The fourth-order valence-electron chi connectivity index (χ4n) is 3.88. The maximum atomic E-state index is 12.4. The summed E-state index contributed by atoms with van der Waals surface area (Å²) in [5.41, 5.74) is 8.74. The summed E-state index contributed by atoms with van der Waals surface area (Å²) in [4.78, 5) is 14.5. The molecule has 3 unspecified atom stereocenters. The van der Waals surface area contributed by atoms with Crippen LogP contribution in [-0.2, 0) is 11.2 Å². The summed E-state index contributed by atoms with van der Waals surface area (Å²) >= 11 is 0. The average Bonchev–Trinajstić information content (AvgIpc) is 2.92. The van der Waals surface area contributed by atoms with E-state index in [9.17, 15) is 4.79 Å². The number of rotatable bonds is 3. The van der Waals surface area contributed by atoms with E-state index in [4.69, 9.17) is 5.73 Å². The number of fused-ring (bicyclic) bond motifs is 1. The van der Waals surface area contributed by atoms with E-state index in [0.717, 1.165) is 25.9 Å². The van der Waals surface area contributed by atoms with Crippen molar-refractivity contribution in [3.63, 3.8) is 0 Å². The summed E-state index contributed by atoms with van der Waals surface area (Å²) in [6.45, 7) is 3.91. The van der Waals surface area contributed by atoms with Crippen LogP contribution >= 0.6 is 12.4 Å². The molecular weight excluding hydrogens is 296 g/mol. The molecule has 1 amide bonds. The monoisotopic (exact) mass is 322 g/mol. The Kier molecular flexibility index (Phi) is 5.87. The van der Waals surface area contributed by atoms with Crippen LogP contribution in [0.5, 0.6) is 0 Å². The molecule has 0 aromatic heterocycles. The normalized spacial score (nSPS) is 27.2. The van der Waals surface area contributed by atoms with E-state index in [0.29, 0.717) is 30.2 Å². The van der Waals surface area contributed by atoms with Crippen molar-refractivity contribution >= 4 is 18.3 Å². The van der Waals surface area contributed by atoms with Gasteiger partial charge in [-0.05, 0) is 43.6 Å². The predicted octanol–water partition coefficient (Wildman–Crippen LogP) is 2.94. The first-order chi connectivity index (χ1) is 10.1. The van der Waals surface area contributed by atoms with E-state index in [1.807, 2.05) is 0 Å². The summed E-state index contributed by atoms with van der Waals surface area (Å²) in [5, 5.41) is 0. The molecule has 2 aliphatic rings. The zero-order valence-electron chi connectivity index (χ0n) is 13.3. The summed E-state index contributed by atoms with van der Waals surface area (Å²) in [6.07, 6.45) is 5.08. The van der Waals surface area contributed by atoms with Crippen LogP contribution in [0, 0.1) is 18.8 Å². The number of hydrogen-bond acceptors (Lipinski definition) is 2. The third-order valence-electron chi connectivity index (χ3n) is 5.25. The smallest absolute Gasteiger partial charge is 0.222 e. The minimum atomic E-state index is 0. The molecule has 1 aromatic rings. The molecule has 0 bridgehead atoms. The largest absolute Gasteiger partial charge is 0.342 e. The number of likely N-dealkylation sites (tertiary alicyclic amines) is 1. The van der Waals surface area contributed by atoms with E-state index in [2.05, 4.69) is 36.1 Å². The van der Waals surface area contributed by atoms with E-state index >= 15 is 0 Å². The number of benzene rings is 1. The highest BCUT2D eigenvalue weighted by molar-refractivity contribution is 5.85. The fourth-order valence-corrected chi connectivity index (χ4v) is 3.88. The van der Waals surface area contributed by atoms with Crippen LogP contribution in [0.4, 0.5) is 0 Å². The Morgan fingerprint density at radius 2 is 1.95 bits per heavy atom. The summed E-state index contributed by atoms with van der Waals surface area (Å²) in [5.74, 6) is 1.50. The zero-order valence-corrected chi connectivity index (χ0v) is 14.1. The van der Waals surface area contributed by atoms with Crippen molar-refractivity contribution in [1.82, 2.24) is 4.90 Å². The topological polar surface area (TPSA) is 46.3 Å². The first-order valence-electron chi connectivity index (χ1n) is 8.22. The van der Waals surface area contributed by atoms with Crippen LogP contribution in [0.15, 0.2) is 24.3 Å². The molecule has 0 spiro atoms. The number of hydrogen-bond donors (Lipinski definition) is 1. The summed E-state index contributed by atoms with van der Waals surface area (Å²) in [7, 11) is 0. The lowest BCUT2D eigenvalue weighted by Crippen LogP contribution is -2.38. The zero-order chi connectivity index (χ0) is 14.8. The van der Waals surface area contributed by atoms with E-state index < -0.39 is 0 Å². The predicted molar refractivity (Wildman–Crippen MR) is 92.1 cm³/mol. The molecule has 3 nitrogen and oxygen atoms in total. The van der Waals surface area contributed by atoms with Crippen LogP contribution < -0.4 is 5.73 Å². The van der Waals surface area contributed by atoms with Crippen LogP contribution in [0.1, 0.15) is 36.8 Å². The maximum Gasteiger partial charge on any atom is 0.222 e. The van der Waals surface area contributed by atoms with Crippen molar-refractivity contribution in [2.45, 2.75) is 45.1 Å². The summed E-state index contributed by atoms with van der Waals surface area (Å²) in [6, 6.07) is 8.79. The van der Waals surface area contributed by atoms with Crippen LogP contribution in [0.2, 0.25) is 0 Å². The lowest BCUT2D eigenvalue weighted by molar-refractivity contribution is -0.130. The summed E-state index contributed by atoms with van der Waals surface area (Å²) < 4.78 is 0. The fraction of sp³-hybridized carbons (Fsp3) is 0.611. The molecule has 1 aliphatic carbocycles. The number of amides is 1. The van der Waals surface area contributed by atoms with Crippen LogP contribution in [0.25, 0.3) is 0 Å². The Hall–Kier alpha value is -1.06. The van der Waals surface area contributed by atoms with Gasteiger partial charge in [0, 0.05) is 25.6 Å². The van der Waals surface area contributed by atoms with E-state index in [1.54, 1.807) is 0 Å². The third-order valence-corrected chi connectivity index (χ3v) is 5.25. The van der Waals surface area contributed by atoms with Crippen molar-refractivity contribution in [3.8, 4) is 0 Å². The molecule has 3 rings (SSSR count). The van der Waals surface area contributed by atoms with Crippen LogP contribution in [-0.4, -0.2) is 29.9 Å². The van der Waals surface area contributed by atoms with Crippen molar-refractivity contribution < 1.29 is 4.79 Å².